The van der Waals surface area contributed by atoms with Gasteiger partial charge in [-0.25, -0.2) is 0 Å². The fourth-order valence-corrected chi connectivity index (χ4v) is 2.66. The van der Waals surface area contributed by atoms with Crippen molar-refractivity contribution in [3.63, 3.8) is 0 Å². The Balaban J connectivity index is 1.81. The van der Waals surface area contributed by atoms with Gasteiger partial charge in [-0.2, -0.15) is 0 Å². The smallest absolute Gasteiger partial charge is 0.237 e. The molecule has 1 aliphatic rings. The van der Waals surface area contributed by atoms with E-state index < -0.39 is 0 Å². The number of hydrogen-bond acceptors (Lipinski definition) is 5. The van der Waals surface area contributed by atoms with E-state index in [0.717, 1.165) is 31.6 Å². The van der Waals surface area contributed by atoms with Gasteiger partial charge in [0.15, 0.2) is 0 Å². The summed E-state index contributed by atoms with van der Waals surface area (Å²) in [4.78, 5) is 0. The van der Waals surface area contributed by atoms with Gasteiger partial charge in [-0.1, -0.05) is 37.3 Å². The number of hydrogen-bond donors (Lipinski definition) is 1. The third-order valence-corrected chi connectivity index (χ3v) is 3.75. The summed E-state index contributed by atoms with van der Waals surface area (Å²) in [7, 11) is 0. The lowest BCUT2D eigenvalue weighted by atomic mass is 10.0. The average molecular weight is 287 g/mol. The Labute approximate surface area is 124 Å². The third-order valence-electron chi connectivity index (χ3n) is 3.75. The van der Waals surface area contributed by atoms with Crippen molar-refractivity contribution in [3.05, 3.63) is 47.7 Å². The van der Waals surface area contributed by atoms with Gasteiger partial charge in [-0.3, -0.25) is 0 Å². The lowest BCUT2D eigenvalue weighted by Gasteiger charge is -2.18. The van der Waals surface area contributed by atoms with E-state index in [4.69, 9.17) is 9.15 Å². The van der Waals surface area contributed by atoms with Crippen LogP contribution in [0.5, 0.6) is 0 Å². The second-order valence-electron chi connectivity index (χ2n) is 5.29. The summed E-state index contributed by atoms with van der Waals surface area (Å²) in [5, 5.41) is 11.9. The van der Waals surface area contributed by atoms with Crippen molar-refractivity contribution in [3.8, 4) is 0 Å². The fourth-order valence-electron chi connectivity index (χ4n) is 2.66. The molecule has 5 heteroatoms. The Morgan fingerprint density at radius 3 is 2.86 bits per heavy atom. The minimum Gasteiger partial charge on any atom is -0.423 e. The Hall–Kier alpha value is -1.72. The zero-order valence-electron chi connectivity index (χ0n) is 12.3. The van der Waals surface area contributed by atoms with Crippen LogP contribution in [0.1, 0.15) is 49.1 Å². The normalized spacial score (nSPS) is 20.3. The summed E-state index contributed by atoms with van der Waals surface area (Å²) in [5.41, 5.74) is 1.13. The molecule has 0 spiro atoms. The molecule has 1 fully saturated rings. The summed E-state index contributed by atoms with van der Waals surface area (Å²) in [6.07, 6.45) is 2.11. The monoisotopic (exact) mass is 287 g/mol. The molecule has 0 amide bonds. The number of nitrogens with one attached hydrogen (secondary N) is 1. The van der Waals surface area contributed by atoms with E-state index >= 15 is 0 Å². The lowest BCUT2D eigenvalue weighted by molar-refractivity contribution is 0.0720. The lowest BCUT2D eigenvalue weighted by Crippen LogP contribution is -2.22. The fraction of sp³-hybridized carbons (Fsp3) is 0.500. The van der Waals surface area contributed by atoms with Crippen LogP contribution in [0, 0.1) is 0 Å². The molecular formula is C16H21N3O2. The zero-order valence-corrected chi connectivity index (χ0v) is 12.3. The Morgan fingerprint density at radius 2 is 2.14 bits per heavy atom. The summed E-state index contributed by atoms with van der Waals surface area (Å²) >= 11 is 0. The Kier molecular flexibility index (Phi) is 4.62. The zero-order chi connectivity index (χ0) is 14.5. The first-order chi connectivity index (χ1) is 10.4. The summed E-state index contributed by atoms with van der Waals surface area (Å²) in [6.45, 7) is 4.42. The second-order valence-corrected chi connectivity index (χ2v) is 5.29. The number of ether oxygens (including phenoxy) is 1. The molecule has 112 valence electrons. The molecule has 1 aromatic carbocycles. The van der Waals surface area contributed by atoms with Crippen molar-refractivity contribution in [2.75, 3.05) is 19.8 Å². The van der Waals surface area contributed by atoms with Crippen LogP contribution in [-0.4, -0.2) is 30.0 Å². The first kappa shape index (κ1) is 14.2. The molecule has 3 rings (SSSR count). The number of nitrogens with zero attached hydrogens (tertiary/aromatic N) is 2. The number of aromatic nitrogens is 2. The molecule has 2 aromatic rings. The molecule has 21 heavy (non-hydrogen) atoms. The van der Waals surface area contributed by atoms with Gasteiger partial charge in [0.2, 0.25) is 11.8 Å². The van der Waals surface area contributed by atoms with E-state index in [2.05, 4.69) is 34.6 Å². The molecule has 1 aromatic heterocycles. The number of benzene rings is 1. The molecule has 0 radical (unpaired) electrons. The number of rotatable bonds is 5. The van der Waals surface area contributed by atoms with Crippen molar-refractivity contribution in [1.29, 1.82) is 0 Å². The topological polar surface area (TPSA) is 60.2 Å². The SMILES string of the molecule is CCNC(c1ccccc1)c1nnc(C2CCCOC2)o1. The average Bonchev–Trinajstić information content (AvgIpc) is 3.04. The van der Waals surface area contributed by atoms with Crippen LogP contribution in [0.3, 0.4) is 0 Å². The van der Waals surface area contributed by atoms with E-state index in [9.17, 15) is 0 Å². The van der Waals surface area contributed by atoms with E-state index in [1.165, 1.54) is 0 Å². The summed E-state index contributed by atoms with van der Waals surface area (Å²) in [6, 6.07) is 10.1. The highest BCUT2D eigenvalue weighted by molar-refractivity contribution is 5.23. The summed E-state index contributed by atoms with van der Waals surface area (Å²) < 4.78 is 11.4. The Morgan fingerprint density at radius 1 is 1.29 bits per heavy atom. The largest absolute Gasteiger partial charge is 0.423 e. The van der Waals surface area contributed by atoms with Gasteiger partial charge in [-0.05, 0) is 24.9 Å². The third kappa shape index (κ3) is 3.31. The molecule has 1 N–H and O–H groups in total. The maximum absolute atomic E-state index is 5.93. The highest BCUT2D eigenvalue weighted by Crippen LogP contribution is 2.27. The highest BCUT2D eigenvalue weighted by Gasteiger charge is 2.25. The van der Waals surface area contributed by atoms with Crippen LogP contribution in [-0.2, 0) is 4.74 Å². The molecule has 1 saturated heterocycles. The van der Waals surface area contributed by atoms with Crippen LogP contribution in [0.25, 0.3) is 0 Å². The molecule has 1 aliphatic heterocycles. The molecule has 2 atom stereocenters. The second kappa shape index (κ2) is 6.83. The van der Waals surface area contributed by atoms with Gasteiger partial charge in [0, 0.05) is 6.61 Å². The van der Waals surface area contributed by atoms with Gasteiger partial charge >= 0.3 is 0 Å². The van der Waals surface area contributed by atoms with Crippen LogP contribution in [0.4, 0.5) is 0 Å². The molecule has 2 unspecified atom stereocenters. The van der Waals surface area contributed by atoms with Crippen LogP contribution in [0.15, 0.2) is 34.7 Å². The summed E-state index contributed by atoms with van der Waals surface area (Å²) in [5.74, 6) is 1.56. The van der Waals surface area contributed by atoms with Crippen LogP contribution >= 0.6 is 0 Å². The van der Waals surface area contributed by atoms with Gasteiger partial charge in [0.25, 0.3) is 0 Å². The van der Waals surface area contributed by atoms with E-state index in [1.54, 1.807) is 0 Å². The standard InChI is InChI=1S/C16H21N3O2/c1-2-17-14(12-7-4-3-5-8-12)16-19-18-15(21-16)13-9-6-10-20-11-13/h3-5,7-8,13-14,17H,2,6,9-11H2,1H3. The van der Waals surface area contributed by atoms with Crippen molar-refractivity contribution >= 4 is 0 Å². The maximum Gasteiger partial charge on any atom is 0.237 e. The molecule has 2 heterocycles. The van der Waals surface area contributed by atoms with Crippen LogP contribution < -0.4 is 5.32 Å². The van der Waals surface area contributed by atoms with Crippen molar-refractivity contribution in [1.82, 2.24) is 15.5 Å². The molecule has 5 nitrogen and oxygen atoms in total. The van der Waals surface area contributed by atoms with Crippen molar-refractivity contribution in [2.24, 2.45) is 0 Å². The predicted octanol–water partition coefficient (Wildman–Crippen LogP) is 2.66. The molecule has 0 bridgehead atoms. The van der Waals surface area contributed by atoms with Gasteiger partial charge in [-0.15, -0.1) is 10.2 Å². The first-order valence-corrected chi connectivity index (χ1v) is 7.58. The van der Waals surface area contributed by atoms with E-state index in [-0.39, 0.29) is 12.0 Å². The quantitative estimate of drug-likeness (QED) is 0.916. The van der Waals surface area contributed by atoms with Crippen molar-refractivity contribution in [2.45, 2.75) is 31.7 Å². The van der Waals surface area contributed by atoms with Gasteiger partial charge in [0.1, 0.15) is 6.04 Å². The van der Waals surface area contributed by atoms with E-state index in [1.807, 2.05) is 18.2 Å². The van der Waals surface area contributed by atoms with Gasteiger partial charge in [0.05, 0.1) is 12.5 Å². The van der Waals surface area contributed by atoms with Gasteiger partial charge < -0.3 is 14.5 Å². The predicted molar refractivity (Wildman–Crippen MR) is 79.1 cm³/mol. The minimum atomic E-state index is -0.0537. The molecule has 0 aliphatic carbocycles. The van der Waals surface area contributed by atoms with E-state index in [0.29, 0.717) is 18.4 Å². The first-order valence-electron chi connectivity index (χ1n) is 7.58. The van der Waals surface area contributed by atoms with Crippen molar-refractivity contribution < 1.29 is 9.15 Å². The molecular weight excluding hydrogens is 266 g/mol. The minimum absolute atomic E-state index is 0.0537. The Bertz CT molecular complexity index is 550. The molecule has 0 saturated carbocycles. The highest BCUT2D eigenvalue weighted by atomic mass is 16.5. The maximum atomic E-state index is 5.93. The van der Waals surface area contributed by atoms with Crippen LogP contribution in [0.2, 0.25) is 0 Å².